The first kappa shape index (κ1) is 19.2. The van der Waals surface area contributed by atoms with E-state index in [0.717, 1.165) is 12.8 Å². The van der Waals surface area contributed by atoms with Crippen molar-refractivity contribution in [1.82, 2.24) is 9.80 Å². The van der Waals surface area contributed by atoms with E-state index in [1.54, 1.807) is 0 Å². The highest BCUT2D eigenvalue weighted by molar-refractivity contribution is 5.85. The van der Waals surface area contributed by atoms with Crippen LogP contribution in [-0.2, 0) is 9.59 Å². The quantitative estimate of drug-likeness (QED) is 0.855. The SMILES string of the molecule is CC(C)C(=O)N1CCN(C(=O)CC2CCCCC2N)CC1.Cl. The van der Waals surface area contributed by atoms with Crippen molar-refractivity contribution in [3.8, 4) is 0 Å². The molecule has 128 valence electrons. The molecule has 0 aromatic rings. The van der Waals surface area contributed by atoms with Crippen molar-refractivity contribution in [3.05, 3.63) is 0 Å². The standard InChI is InChI=1S/C16H29N3O2.ClH/c1-12(2)16(21)19-9-7-18(8-10-19)15(20)11-13-5-3-4-6-14(13)17;/h12-14H,3-11,17H2,1-2H3;1H. The van der Waals surface area contributed by atoms with Crippen LogP contribution in [0.4, 0.5) is 0 Å². The van der Waals surface area contributed by atoms with Gasteiger partial charge in [0.2, 0.25) is 11.8 Å². The van der Waals surface area contributed by atoms with Crippen molar-refractivity contribution < 1.29 is 9.59 Å². The lowest BCUT2D eigenvalue weighted by molar-refractivity contribution is -0.142. The van der Waals surface area contributed by atoms with Gasteiger partial charge in [-0.2, -0.15) is 0 Å². The molecule has 0 spiro atoms. The van der Waals surface area contributed by atoms with Gasteiger partial charge in [0, 0.05) is 44.6 Å². The van der Waals surface area contributed by atoms with Gasteiger partial charge in [-0.1, -0.05) is 26.7 Å². The maximum atomic E-state index is 12.4. The van der Waals surface area contributed by atoms with Crippen molar-refractivity contribution in [3.63, 3.8) is 0 Å². The van der Waals surface area contributed by atoms with E-state index >= 15 is 0 Å². The van der Waals surface area contributed by atoms with Crippen LogP contribution in [0.1, 0.15) is 46.0 Å². The minimum atomic E-state index is 0. The van der Waals surface area contributed by atoms with Crippen molar-refractivity contribution in [2.45, 2.75) is 52.0 Å². The minimum absolute atomic E-state index is 0. The zero-order valence-electron chi connectivity index (χ0n) is 13.8. The van der Waals surface area contributed by atoms with Gasteiger partial charge in [0.15, 0.2) is 0 Å². The highest BCUT2D eigenvalue weighted by Crippen LogP contribution is 2.26. The Kier molecular flexibility index (Phi) is 7.63. The maximum Gasteiger partial charge on any atom is 0.225 e. The van der Waals surface area contributed by atoms with E-state index in [9.17, 15) is 9.59 Å². The fourth-order valence-electron chi connectivity index (χ4n) is 3.38. The molecule has 2 rings (SSSR count). The van der Waals surface area contributed by atoms with Crippen LogP contribution in [0.3, 0.4) is 0 Å². The van der Waals surface area contributed by atoms with Crippen LogP contribution in [0.5, 0.6) is 0 Å². The number of hydrogen-bond donors (Lipinski definition) is 1. The van der Waals surface area contributed by atoms with E-state index in [2.05, 4.69) is 0 Å². The molecule has 2 atom stereocenters. The van der Waals surface area contributed by atoms with Gasteiger partial charge in [0.05, 0.1) is 0 Å². The van der Waals surface area contributed by atoms with Crippen LogP contribution in [-0.4, -0.2) is 53.8 Å². The molecule has 5 nitrogen and oxygen atoms in total. The lowest BCUT2D eigenvalue weighted by Crippen LogP contribution is -2.52. The van der Waals surface area contributed by atoms with Crippen molar-refractivity contribution >= 4 is 24.2 Å². The van der Waals surface area contributed by atoms with Gasteiger partial charge in [-0.3, -0.25) is 9.59 Å². The number of nitrogens with zero attached hydrogens (tertiary/aromatic N) is 2. The highest BCUT2D eigenvalue weighted by Gasteiger charge is 2.29. The topological polar surface area (TPSA) is 66.6 Å². The largest absolute Gasteiger partial charge is 0.339 e. The molecule has 2 N–H and O–H groups in total. The van der Waals surface area contributed by atoms with Crippen LogP contribution in [0, 0.1) is 11.8 Å². The van der Waals surface area contributed by atoms with Gasteiger partial charge in [-0.15, -0.1) is 12.4 Å². The summed E-state index contributed by atoms with van der Waals surface area (Å²) in [7, 11) is 0. The van der Waals surface area contributed by atoms with Gasteiger partial charge in [0.1, 0.15) is 0 Å². The molecule has 0 bridgehead atoms. The Bertz CT molecular complexity index is 382. The molecule has 22 heavy (non-hydrogen) atoms. The normalized spacial score (nSPS) is 25.8. The molecular weight excluding hydrogens is 302 g/mol. The predicted octanol–water partition coefficient (Wildman–Crippen LogP) is 1.64. The minimum Gasteiger partial charge on any atom is -0.339 e. The number of rotatable bonds is 3. The average molecular weight is 332 g/mol. The molecule has 1 heterocycles. The van der Waals surface area contributed by atoms with E-state index in [4.69, 9.17) is 5.73 Å². The van der Waals surface area contributed by atoms with Gasteiger partial charge in [0.25, 0.3) is 0 Å². The summed E-state index contributed by atoms with van der Waals surface area (Å²) < 4.78 is 0. The Hall–Kier alpha value is -0.810. The Morgan fingerprint density at radius 1 is 1.05 bits per heavy atom. The van der Waals surface area contributed by atoms with Crippen LogP contribution >= 0.6 is 12.4 Å². The number of piperazine rings is 1. The Morgan fingerprint density at radius 2 is 1.59 bits per heavy atom. The van der Waals surface area contributed by atoms with E-state index in [-0.39, 0.29) is 36.2 Å². The maximum absolute atomic E-state index is 12.4. The third-order valence-corrected chi connectivity index (χ3v) is 4.84. The number of nitrogens with two attached hydrogens (primary N) is 1. The van der Waals surface area contributed by atoms with Crippen LogP contribution < -0.4 is 5.73 Å². The number of halogens is 1. The van der Waals surface area contributed by atoms with Gasteiger partial charge in [-0.25, -0.2) is 0 Å². The van der Waals surface area contributed by atoms with E-state index in [0.29, 0.717) is 38.5 Å². The summed E-state index contributed by atoms with van der Waals surface area (Å²) in [5, 5.41) is 0. The molecule has 1 saturated carbocycles. The Morgan fingerprint density at radius 3 is 2.14 bits per heavy atom. The van der Waals surface area contributed by atoms with Crippen molar-refractivity contribution in [1.29, 1.82) is 0 Å². The average Bonchev–Trinajstić information content (AvgIpc) is 2.49. The van der Waals surface area contributed by atoms with Crippen LogP contribution in [0.25, 0.3) is 0 Å². The lowest BCUT2D eigenvalue weighted by Gasteiger charge is -2.37. The Balaban J connectivity index is 0.00000242. The second-order valence-corrected chi connectivity index (χ2v) is 6.77. The molecular formula is C16H30ClN3O2. The van der Waals surface area contributed by atoms with Crippen LogP contribution in [0.2, 0.25) is 0 Å². The molecule has 2 amide bonds. The highest BCUT2D eigenvalue weighted by atomic mass is 35.5. The first-order valence-electron chi connectivity index (χ1n) is 8.31. The summed E-state index contributed by atoms with van der Waals surface area (Å²) in [6.07, 6.45) is 5.11. The molecule has 6 heteroatoms. The molecule has 2 aliphatic rings. The summed E-state index contributed by atoms with van der Waals surface area (Å²) in [4.78, 5) is 28.1. The third kappa shape index (κ3) is 4.85. The monoisotopic (exact) mass is 331 g/mol. The molecule has 2 unspecified atom stereocenters. The first-order valence-corrected chi connectivity index (χ1v) is 8.31. The summed E-state index contributed by atoms with van der Waals surface area (Å²) in [5.74, 6) is 0.791. The number of carbonyl (C=O) groups excluding carboxylic acids is 2. The molecule has 0 aromatic heterocycles. The molecule has 1 saturated heterocycles. The smallest absolute Gasteiger partial charge is 0.225 e. The first-order chi connectivity index (χ1) is 9.99. The van der Waals surface area contributed by atoms with E-state index in [1.165, 1.54) is 12.8 Å². The van der Waals surface area contributed by atoms with Gasteiger partial charge in [-0.05, 0) is 18.8 Å². The fourth-order valence-corrected chi connectivity index (χ4v) is 3.38. The number of carbonyl (C=O) groups is 2. The second kappa shape index (κ2) is 8.73. The fraction of sp³-hybridized carbons (Fsp3) is 0.875. The summed E-state index contributed by atoms with van der Waals surface area (Å²) in [6, 6.07) is 0.187. The summed E-state index contributed by atoms with van der Waals surface area (Å²) in [6.45, 7) is 6.51. The molecule has 1 aliphatic carbocycles. The van der Waals surface area contributed by atoms with Gasteiger partial charge < -0.3 is 15.5 Å². The molecule has 1 aliphatic heterocycles. The van der Waals surface area contributed by atoms with Crippen molar-refractivity contribution in [2.24, 2.45) is 17.6 Å². The third-order valence-electron chi connectivity index (χ3n) is 4.84. The second-order valence-electron chi connectivity index (χ2n) is 6.77. The zero-order chi connectivity index (χ0) is 15.4. The lowest BCUT2D eigenvalue weighted by atomic mass is 9.82. The van der Waals surface area contributed by atoms with Gasteiger partial charge >= 0.3 is 0 Å². The summed E-state index contributed by atoms with van der Waals surface area (Å²) in [5.41, 5.74) is 6.13. The van der Waals surface area contributed by atoms with E-state index in [1.807, 2.05) is 23.6 Å². The molecule has 0 aromatic carbocycles. The predicted molar refractivity (Wildman–Crippen MR) is 89.8 cm³/mol. The van der Waals surface area contributed by atoms with E-state index < -0.39 is 0 Å². The molecule has 2 fully saturated rings. The number of hydrogen-bond acceptors (Lipinski definition) is 3. The van der Waals surface area contributed by atoms with Crippen LogP contribution in [0.15, 0.2) is 0 Å². The zero-order valence-corrected chi connectivity index (χ0v) is 14.6. The number of amides is 2. The summed E-state index contributed by atoms with van der Waals surface area (Å²) >= 11 is 0. The Labute approximate surface area is 140 Å². The molecule has 0 radical (unpaired) electrons. The van der Waals surface area contributed by atoms with Crippen molar-refractivity contribution in [2.75, 3.05) is 26.2 Å².